The molecule has 22 heavy (non-hydrogen) atoms. The first-order valence-electron chi connectivity index (χ1n) is 7.15. The van der Waals surface area contributed by atoms with E-state index in [4.69, 9.17) is 9.26 Å². The molecule has 6 nitrogen and oxygen atoms in total. The number of carbonyl (C=O) groups excluding carboxylic acids is 1. The van der Waals surface area contributed by atoms with Crippen LogP contribution in [-0.4, -0.2) is 43.1 Å². The zero-order valence-electron chi connectivity index (χ0n) is 12.9. The van der Waals surface area contributed by atoms with Crippen molar-refractivity contribution in [2.45, 2.75) is 13.2 Å². The van der Waals surface area contributed by atoms with Crippen LogP contribution in [0.15, 0.2) is 40.9 Å². The Morgan fingerprint density at radius 3 is 2.77 bits per heavy atom. The van der Waals surface area contributed by atoms with E-state index in [1.54, 1.807) is 6.07 Å². The third-order valence-electron chi connectivity index (χ3n) is 2.99. The monoisotopic (exact) mass is 303 g/mol. The van der Waals surface area contributed by atoms with Crippen LogP contribution in [0.3, 0.4) is 0 Å². The molecule has 0 aliphatic rings. The van der Waals surface area contributed by atoms with Gasteiger partial charge < -0.3 is 19.5 Å². The number of aromatic nitrogens is 1. The number of hydrogen-bond donors (Lipinski definition) is 1. The second-order valence-corrected chi connectivity index (χ2v) is 5.22. The van der Waals surface area contributed by atoms with Crippen LogP contribution in [0.4, 0.5) is 0 Å². The third-order valence-corrected chi connectivity index (χ3v) is 2.99. The molecule has 2 aromatic rings. The van der Waals surface area contributed by atoms with Crippen molar-refractivity contribution < 1.29 is 14.1 Å². The van der Waals surface area contributed by atoms with Gasteiger partial charge in [0.2, 0.25) is 0 Å². The second kappa shape index (κ2) is 8.31. The van der Waals surface area contributed by atoms with Crippen molar-refractivity contribution in [1.82, 2.24) is 15.4 Å². The third kappa shape index (κ3) is 5.31. The van der Waals surface area contributed by atoms with Gasteiger partial charge in [-0.05, 0) is 19.7 Å². The highest BCUT2D eigenvalue weighted by Crippen LogP contribution is 2.08. The Morgan fingerprint density at radius 1 is 1.27 bits per heavy atom. The molecule has 2 rings (SSSR count). The molecule has 1 N–H and O–H groups in total. The van der Waals surface area contributed by atoms with Gasteiger partial charge in [0, 0.05) is 19.2 Å². The highest BCUT2D eigenvalue weighted by Gasteiger charge is 2.12. The highest BCUT2D eigenvalue weighted by atomic mass is 16.5. The summed E-state index contributed by atoms with van der Waals surface area (Å²) in [5.41, 5.74) is 1.36. The Hall–Kier alpha value is -2.18. The number of rotatable bonds is 8. The van der Waals surface area contributed by atoms with Gasteiger partial charge in [0.25, 0.3) is 5.91 Å². The molecule has 0 radical (unpaired) electrons. The number of ether oxygens (including phenoxy) is 1. The molecule has 0 atom stereocenters. The summed E-state index contributed by atoms with van der Waals surface area (Å²) in [5.74, 6) is 0.300. The van der Waals surface area contributed by atoms with Gasteiger partial charge in [-0.25, -0.2) is 0 Å². The molecule has 0 spiro atoms. The fourth-order valence-corrected chi connectivity index (χ4v) is 1.82. The number of benzene rings is 1. The first-order chi connectivity index (χ1) is 10.6. The van der Waals surface area contributed by atoms with Crippen LogP contribution in [0.1, 0.15) is 21.8 Å². The molecule has 0 aliphatic carbocycles. The fourth-order valence-electron chi connectivity index (χ4n) is 1.82. The molecular formula is C16H21N3O3. The van der Waals surface area contributed by atoms with Crippen molar-refractivity contribution >= 4 is 5.91 Å². The quantitative estimate of drug-likeness (QED) is 0.803. The Labute approximate surface area is 130 Å². The molecule has 0 fully saturated rings. The zero-order chi connectivity index (χ0) is 15.8. The highest BCUT2D eigenvalue weighted by molar-refractivity contribution is 5.92. The van der Waals surface area contributed by atoms with Gasteiger partial charge in [-0.2, -0.15) is 0 Å². The molecule has 1 heterocycles. The average molecular weight is 303 g/mol. The van der Waals surface area contributed by atoms with E-state index >= 15 is 0 Å². The smallest absolute Gasteiger partial charge is 0.273 e. The molecule has 1 aromatic carbocycles. The first kappa shape index (κ1) is 16.2. The lowest BCUT2D eigenvalue weighted by atomic mass is 10.2. The normalized spacial score (nSPS) is 10.9. The number of hydrogen-bond acceptors (Lipinski definition) is 5. The lowest BCUT2D eigenvalue weighted by molar-refractivity contribution is 0.0877. The number of amides is 1. The Kier molecular flexibility index (Phi) is 6.12. The van der Waals surface area contributed by atoms with E-state index in [0.29, 0.717) is 18.9 Å². The predicted molar refractivity (Wildman–Crippen MR) is 82.3 cm³/mol. The number of carbonyl (C=O) groups is 1. The maximum absolute atomic E-state index is 11.8. The molecule has 118 valence electrons. The van der Waals surface area contributed by atoms with Crippen molar-refractivity contribution in [3.63, 3.8) is 0 Å². The Morgan fingerprint density at radius 2 is 2.05 bits per heavy atom. The Balaban J connectivity index is 1.75. The van der Waals surface area contributed by atoms with E-state index in [0.717, 1.165) is 12.1 Å². The van der Waals surface area contributed by atoms with Crippen LogP contribution in [0.2, 0.25) is 0 Å². The summed E-state index contributed by atoms with van der Waals surface area (Å²) >= 11 is 0. The van der Waals surface area contributed by atoms with Crippen molar-refractivity contribution in [1.29, 1.82) is 0 Å². The van der Waals surface area contributed by atoms with Crippen LogP contribution in [0.5, 0.6) is 0 Å². The summed E-state index contributed by atoms with van der Waals surface area (Å²) in [6, 6.07) is 11.5. The van der Waals surface area contributed by atoms with Crippen LogP contribution < -0.4 is 5.32 Å². The van der Waals surface area contributed by atoms with Gasteiger partial charge in [0.1, 0.15) is 6.61 Å². The summed E-state index contributed by atoms with van der Waals surface area (Å²) in [7, 11) is 3.90. The van der Waals surface area contributed by atoms with Crippen molar-refractivity contribution in [3.05, 3.63) is 53.4 Å². The van der Waals surface area contributed by atoms with E-state index in [2.05, 4.69) is 10.5 Å². The summed E-state index contributed by atoms with van der Waals surface area (Å²) < 4.78 is 10.6. The van der Waals surface area contributed by atoms with Crippen LogP contribution >= 0.6 is 0 Å². The summed E-state index contributed by atoms with van der Waals surface area (Å²) in [5, 5.41) is 6.54. The van der Waals surface area contributed by atoms with Gasteiger partial charge in [-0.15, -0.1) is 0 Å². The molecular weight excluding hydrogens is 282 g/mol. The van der Waals surface area contributed by atoms with Crippen LogP contribution in [-0.2, 0) is 18.0 Å². The van der Waals surface area contributed by atoms with Gasteiger partial charge >= 0.3 is 0 Å². The van der Waals surface area contributed by atoms with E-state index in [1.165, 1.54) is 0 Å². The first-order valence-corrected chi connectivity index (χ1v) is 7.15. The van der Waals surface area contributed by atoms with E-state index in [9.17, 15) is 4.79 Å². The van der Waals surface area contributed by atoms with Crippen molar-refractivity contribution in [3.8, 4) is 0 Å². The zero-order valence-corrected chi connectivity index (χ0v) is 12.9. The maximum atomic E-state index is 11.8. The van der Waals surface area contributed by atoms with Gasteiger partial charge in [0.15, 0.2) is 11.5 Å². The van der Waals surface area contributed by atoms with E-state index in [1.807, 2.05) is 49.3 Å². The summed E-state index contributed by atoms with van der Waals surface area (Å²) in [6.45, 7) is 2.12. The minimum Gasteiger partial charge on any atom is -0.369 e. The Bertz CT molecular complexity index is 581. The molecule has 6 heteroatoms. The predicted octanol–water partition coefficient (Wildman–Crippen LogP) is 1.68. The van der Waals surface area contributed by atoms with Gasteiger partial charge in [-0.1, -0.05) is 35.5 Å². The topological polar surface area (TPSA) is 67.6 Å². The lowest BCUT2D eigenvalue weighted by Gasteiger charge is -2.08. The fraction of sp³-hybridized carbons (Fsp3) is 0.375. The minimum atomic E-state index is -0.236. The van der Waals surface area contributed by atoms with E-state index in [-0.39, 0.29) is 18.2 Å². The number of nitrogens with one attached hydrogen (secondary N) is 1. The standard InChI is InChI=1S/C16H21N3O3/c1-19(2)9-8-17-16(20)15-10-14(22-18-15)12-21-11-13-6-4-3-5-7-13/h3-7,10H,8-9,11-12H2,1-2H3,(H,17,20). The average Bonchev–Trinajstić information content (AvgIpc) is 2.97. The molecule has 0 bridgehead atoms. The minimum absolute atomic E-state index is 0.236. The SMILES string of the molecule is CN(C)CCNC(=O)c1cc(COCc2ccccc2)on1. The second-order valence-electron chi connectivity index (χ2n) is 5.22. The van der Waals surface area contributed by atoms with E-state index < -0.39 is 0 Å². The molecule has 0 saturated heterocycles. The van der Waals surface area contributed by atoms with Crippen LogP contribution in [0, 0.1) is 0 Å². The van der Waals surface area contributed by atoms with Gasteiger partial charge in [0.05, 0.1) is 6.61 Å². The number of nitrogens with zero attached hydrogens (tertiary/aromatic N) is 2. The van der Waals surface area contributed by atoms with Crippen molar-refractivity contribution in [2.24, 2.45) is 0 Å². The number of likely N-dealkylation sites (N-methyl/N-ethyl adjacent to an activating group) is 1. The summed E-state index contributed by atoms with van der Waals surface area (Å²) in [4.78, 5) is 13.8. The summed E-state index contributed by atoms with van der Waals surface area (Å²) in [6.07, 6.45) is 0. The maximum Gasteiger partial charge on any atom is 0.273 e. The molecule has 0 saturated carbocycles. The van der Waals surface area contributed by atoms with Crippen LogP contribution in [0.25, 0.3) is 0 Å². The molecule has 0 aliphatic heterocycles. The molecule has 0 unspecified atom stereocenters. The van der Waals surface area contributed by atoms with Gasteiger partial charge in [-0.3, -0.25) is 4.79 Å². The molecule has 1 amide bonds. The largest absolute Gasteiger partial charge is 0.369 e. The lowest BCUT2D eigenvalue weighted by Crippen LogP contribution is -2.31. The van der Waals surface area contributed by atoms with Crippen molar-refractivity contribution in [2.75, 3.05) is 27.2 Å². The molecule has 1 aromatic heterocycles.